The van der Waals surface area contributed by atoms with Gasteiger partial charge in [-0.3, -0.25) is 14.5 Å². The summed E-state index contributed by atoms with van der Waals surface area (Å²) in [7, 11) is 0. The number of para-hydroxylation sites is 1. The summed E-state index contributed by atoms with van der Waals surface area (Å²) in [6, 6.07) is 21.3. The van der Waals surface area contributed by atoms with Gasteiger partial charge in [0.15, 0.2) is 6.20 Å². The fourth-order valence-electron chi connectivity index (χ4n) is 3.52. The maximum Gasteiger partial charge on any atom is 0.294 e. The largest absolute Gasteiger partial charge is 0.494 e. The van der Waals surface area contributed by atoms with Crippen molar-refractivity contribution in [1.29, 1.82) is 0 Å². The van der Waals surface area contributed by atoms with E-state index in [1.807, 2.05) is 78.4 Å². The molecule has 2 aromatic carbocycles. The maximum absolute atomic E-state index is 13.3. The fraction of sp³-hybridized carbons (Fsp3) is 0.174. The van der Waals surface area contributed by atoms with Crippen molar-refractivity contribution in [1.82, 2.24) is 0 Å². The lowest BCUT2D eigenvalue weighted by Gasteiger charge is -2.32. The van der Waals surface area contributed by atoms with Gasteiger partial charge in [-0.15, -0.1) is 0 Å². The quantitative estimate of drug-likeness (QED) is 0.683. The van der Waals surface area contributed by atoms with Crippen LogP contribution in [0, 0.1) is 0 Å². The van der Waals surface area contributed by atoms with Gasteiger partial charge >= 0.3 is 0 Å². The number of fused-ring (bicyclic) bond motifs is 1. The molecule has 0 spiro atoms. The van der Waals surface area contributed by atoms with Crippen LogP contribution >= 0.6 is 0 Å². The average molecular weight is 388 g/mol. The molecule has 0 radical (unpaired) electrons. The molecule has 0 saturated heterocycles. The number of pyridine rings is 1. The molecule has 1 aliphatic rings. The molecule has 6 heteroatoms. The van der Waals surface area contributed by atoms with Crippen molar-refractivity contribution in [3.8, 4) is 5.75 Å². The van der Waals surface area contributed by atoms with Gasteiger partial charge < -0.3 is 10.1 Å². The van der Waals surface area contributed by atoms with Crippen LogP contribution in [-0.4, -0.2) is 18.4 Å². The highest BCUT2D eigenvalue weighted by Crippen LogP contribution is 2.30. The first kappa shape index (κ1) is 18.7. The van der Waals surface area contributed by atoms with Crippen LogP contribution < -0.4 is 19.5 Å². The summed E-state index contributed by atoms with van der Waals surface area (Å²) in [4.78, 5) is 27.8. The highest BCUT2D eigenvalue weighted by molar-refractivity contribution is 6.05. The van der Waals surface area contributed by atoms with Gasteiger partial charge in [-0.2, -0.15) is 4.57 Å². The third-order valence-corrected chi connectivity index (χ3v) is 4.80. The Hall–Kier alpha value is -3.67. The van der Waals surface area contributed by atoms with Gasteiger partial charge in [0.1, 0.15) is 5.75 Å². The Balaban J connectivity index is 1.68. The molecule has 0 saturated carbocycles. The van der Waals surface area contributed by atoms with Crippen LogP contribution in [0.25, 0.3) is 0 Å². The molecule has 2 heterocycles. The zero-order valence-corrected chi connectivity index (χ0v) is 16.1. The summed E-state index contributed by atoms with van der Waals surface area (Å²) in [5, 5.41) is 2.94. The predicted octanol–water partition coefficient (Wildman–Crippen LogP) is 3.10. The lowest BCUT2D eigenvalue weighted by atomic mass is 10.0. The molecule has 1 aromatic heterocycles. The molecular formula is C23H22N3O3+. The second-order valence-electron chi connectivity index (χ2n) is 6.70. The number of nitrogens with one attached hydrogen (secondary N) is 1. The molecule has 1 aliphatic heterocycles. The molecule has 0 aliphatic carbocycles. The van der Waals surface area contributed by atoms with E-state index in [9.17, 15) is 9.59 Å². The van der Waals surface area contributed by atoms with Gasteiger partial charge in [-0.1, -0.05) is 24.3 Å². The minimum absolute atomic E-state index is 0.133. The Morgan fingerprint density at radius 1 is 1.07 bits per heavy atom. The summed E-state index contributed by atoms with van der Waals surface area (Å²) in [6.45, 7) is 2.69. The molecule has 146 valence electrons. The topological polar surface area (TPSA) is 62.5 Å². The molecule has 29 heavy (non-hydrogen) atoms. The van der Waals surface area contributed by atoms with Crippen LogP contribution in [0.5, 0.6) is 5.75 Å². The minimum Gasteiger partial charge on any atom is -0.494 e. The van der Waals surface area contributed by atoms with E-state index in [0.717, 1.165) is 11.4 Å². The Morgan fingerprint density at radius 3 is 2.52 bits per heavy atom. The van der Waals surface area contributed by atoms with Gasteiger partial charge in [0, 0.05) is 23.5 Å². The molecule has 2 amide bonds. The highest BCUT2D eigenvalue weighted by atomic mass is 16.5. The second-order valence-corrected chi connectivity index (χ2v) is 6.70. The lowest BCUT2D eigenvalue weighted by molar-refractivity contribution is -0.695. The maximum atomic E-state index is 13.3. The smallest absolute Gasteiger partial charge is 0.294 e. The monoisotopic (exact) mass is 388 g/mol. The minimum atomic E-state index is -0.772. The summed E-state index contributed by atoms with van der Waals surface area (Å²) in [6.07, 6.45) is 1.83. The Bertz CT molecular complexity index is 1020. The van der Waals surface area contributed by atoms with Gasteiger partial charge in [0.05, 0.1) is 6.61 Å². The molecular weight excluding hydrogens is 366 g/mol. The fourth-order valence-corrected chi connectivity index (χ4v) is 3.52. The van der Waals surface area contributed by atoms with Crippen molar-refractivity contribution in [2.24, 2.45) is 0 Å². The molecule has 4 rings (SSSR count). The first-order valence-corrected chi connectivity index (χ1v) is 9.56. The van der Waals surface area contributed by atoms with Crippen molar-refractivity contribution < 1.29 is 18.9 Å². The van der Waals surface area contributed by atoms with Crippen LogP contribution in [0.1, 0.15) is 18.7 Å². The van der Waals surface area contributed by atoms with Crippen molar-refractivity contribution in [3.63, 3.8) is 0 Å². The number of benzene rings is 2. The first-order valence-electron chi connectivity index (χ1n) is 9.56. The van der Waals surface area contributed by atoms with Crippen LogP contribution in [-0.2, 0) is 16.1 Å². The summed E-state index contributed by atoms with van der Waals surface area (Å²) >= 11 is 0. The number of anilines is 2. The third-order valence-electron chi connectivity index (χ3n) is 4.80. The van der Waals surface area contributed by atoms with E-state index in [1.54, 1.807) is 17.0 Å². The number of hydrogen-bond donors (Lipinski definition) is 1. The highest BCUT2D eigenvalue weighted by Gasteiger charge is 2.43. The molecule has 1 atom stereocenters. The van der Waals surface area contributed by atoms with Crippen LogP contribution in [0.3, 0.4) is 0 Å². The van der Waals surface area contributed by atoms with Crippen LogP contribution in [0.15, 0.2) is 79.0 Å². The number of ether oxygens (including phenoxy) is 1. The SMILES string of the molecule is CCOc1ccc(NC(=O)[C@@H]2c3cccc[n+]3CC(=O)N2c2ccccc2)cc1. The van der Waals surface area contributed by atoms with E-state index >= 15 is 0 Å². The van der Waals surface area contributed by atoms with E-state index in [-0.39, 0.29) is 18.4 Å². The van der Waals surface area contributed by atoms with Crippen LogP contribution in [0.4, 0.5) is 11.4 Å². The average Bonchev–Trinajstić information content (AvgIpc) is 2.75. The first-order chi connectivity index (χ1) is 14.2. The number of rotatable bonds is 5. The normalized spacial score (nSPS) is 15.6. The summed E-state index contributed by atoms with van der Waals surface area (Å²) in [5.74, 6) is 0.336. The predicted molar refractivity (Wildman–Crippen MR) is 110 cm³/mol. The summed E-state index contributed by atoms with van der Waals surface area (Å²) in [5.41, 5.74) is 2.10. The number of nitrogens with zero attached hydrogens (tertiary/aromatic N) is 2. The Morgan fingerprint density at radius 2 is 1.79 bits per heavy atom. The Labute approximate surface area is 169 Å². The molecule has 1 N–H and O–H groups in total. The van der Waals surface area contributed by atoms with Gasteiger partial charge in [0.25, 0.3) is 11.8 Å². The summed E-state index contributed by atoms with van der Waals surface area (Å²) < 4.78 is 7.27. The standard InChI is InChI=1S/C23H21N3O3/c1-2-29-19-13-11-17(12-14-19)24-23(28)22-20-10-6-7-15-25(20)16-21(27)26(22)18-8-4-3-5-9-18/h3-15,22H,2,16H2,1H3/p+1/t22-/m0/s1. The van der Waals surface area contributed by atoms with E-state index in [1.165, 1.54) is 0 Å². The Kier molecular flexibility index (Phi) is 5.24. The number of hydrogen-bond acceptors (Lipinski definition) is 3. The third kappa shape index (κ3) is 3.82. The number of aromatic nitrogens is 1. The van der Waals surface area contributed by atoms with Crippen molar-refractivity contribution in [2.45, 2.75) is 19.5 Å². The van der Waals surface area contributed by atoms with E-state index in [2.05, 4.69) is 5.32 Å². The number of carbonyl (C=O) groups is 2. The molecule has 0 fully saturated rings. The van der Waals surface area contributed by atoms with Gasteiger partial charge in [0.2, 0.25) is 18.3 Å². The zero-order chi connectivity index (χ0) is 20.2. The van der Waals surface area contributed by atoms with Gasteiger partial charge in [-0.05, 0) is 43.3 Å². The van der Waals surface area contributed by atoms with E-state index < -0.39 is 6.04 Å². The molecule has 6 nitrogen and oxygen atoms in total. The molecule has 3 aromatic rings. The van der Waals surface area contributed by atoms with E-state index in [4.69, 9.17) is 4.74 Å². The zero-order valence-electron chi connectivity index (χ0n) is 16.1. The van der Waals surface area contributed by atoms with Crippen LogP contribution in [0.2, 0.25) is 0 Å². The van der Waals surface area contributed by atoms with Crippen molar-refractivity contribution >= 4 is 23.2 Å². The second kappa shape index (κ2) is 8.14. The number of amides is 2. The lowest BCUT2D eigenvalue weighted by Crippen LogP contribution is -2.58. The van der Waals surface area contributed by atoms with Gasteiger partial charge in [-0.25, -0.2) is 0 Å². The molecule has 0 bridgehead atoms. The van der Waals surface area contributed by atoms with E-state index in [0.29, 0.717) is 18.0 Å². The number of carbonyl (C=O) groups excluding carboxylic acids is 2. The van der Waals surface area contributed by atoms with Crippen molar-refractivity contribution in [2.75, 3.05) is 16.8 Å². The molecule has 0 unspecified atom stereocenters. The van der Waals surface area contributed by atoms with Crippen molar-refractivity contribution in [3.05, 3.63) is 84.7 Å².